The second kappa shape index (κ2) is 10.2. The van der Waals surface area contributed by atoms with Crippen molar-refractivity contribution in [2.45, 2.75) is 51.7 Å². The summed E-state index contributed by atoms with van der Waals surface area (Å²) < 4.78 is 52.1. The van der Waals surface area contributed by atoms with Crippen LogP contribution in [0.1, 0.15) is 63.9 Å². The SMILES string of the molecule is CCn1nc(CCCOC(=O)c2cc(Cl)ccc2C(F)(F)F)c2c1C(=O)NCC1(CCOCC1)C2. The molecule has 4 rings (SSSR count). The van der Waals surface area contributed by atoms with Gasteiger partial charge in [0, 0.05) is 36.9 Å². The van der Waals surface area contributed by atoms with Gasteiger partial charge in [-0.1, -0.05) is 11.6 Å². The minimum absolute atomic E-state index is 0.0121. The van der Waals surface area contributed by atoms with E-state index in [4.69, 9.17) is 21.1 Å². The number of rotatable bonds is 6. The number of nitrogens with one attached hydrogen (secondary N) is 1. The van der Waals surface area contributed by atoms with E-state index < -0.39 is 23.3 Å². The maximum absolute atomic E-state index is 13.3. The summed E-state index contributed by atoms with van der Waals surface area (Å²) in [5, 5.41) is 7.69. The van der Waals surface area contributed by atoms with Crippen LogP contribution in [0.2, 0.25) is 5.02 Å². The Balaban J connectivity index is 1.47. The molecule has 2 aliphatic rings. The van der Waals surface area contributed by atoms with E-state index in [0.717, 1.165) is 42.3 Å². The summed E-state index contributed by atoms with van der Waals surface area (Å²) in [6.45, 7) is 4.19. The van der Waals surface area contributed by atoms with Gasteiger partial charge < -0.3 is 14.8 Å². The molecule has 0 radical (unpaired) electrons. The van der Waals surface area contributed by atoms with Crippen molar-refractivity contribution in [3.8, 4) is 0 Å². The zero-order chi connectivity index (χ0) is 25.2. The van der Waals surface area contributed by atoms with Crippen molar-refractivity contribution in [2.75, 3.05) is 26.4 Å². The molecule has 1 saturated heterocycles. The van der Waals surface area contributed by atoms with Crippen LogP contribution in [-0.4, -0.2) is 48.0 Å². The number of hydrogen-bond acceptors (Lipinski definition) is 5. The first-order valence-corrected chi connectivity index (χ1v) is 12.0. The van der Waals surface area contributed by atoms with Gasteiger partial charge in [0.15, 0.2) is 0 Å². The standard InChI is InChI=1S/C24H27ClF3N3O4/c1-2-31-20-17(13-23(14-29-21(20)32)7-10-34-11-8-23)19(30-31)4-3-9-35-22(33)16-12-15(25)5-6-18(16)24(26,27)28/h5-6,12H,2-4,7-11,13-14H2,1H3,(H,29,32). The van der Waals surface area contributed by atoms with Crippen LogP contribution in [0.5, 0.6) is 0 Å². The number of amides is 1. The molecule has 1 aromatic heterocycles. The largest absolute Gasteiger partial charge is 0.462 e. The summed E-state index contributed by atoms with van der Waals surface area (Å²) in [6.07, 6.45) is -1.57. The summed E-state index contributed by atoms with van der Waals surface area (Å²) in [5.41, 5.74) is 0.391. The van der Waals surface area contributed by atoms with Gasteiger partial charge in [0.1, 0.15) is 5.69 Å². The lowest BCUT2D eigenvalue weighted by Gasteiger charge is -2.36. The highest BCUT2D eigenvalue weighted by molar-refractivity contribution is 6.31. The van der Waals surface area contributed by atoms with Gasteiger partial charge in [-0.25, -0.2) is 4.79 Å². The number of nitrogens with zero attached hydrogens (tertiary/aromatic N) is 2. The molecule has 7 nitrogen and oxygen atoms in total. The molecule has 0 unspecified atom stereocenters. The van der Waals surface area contributed by atoms with E-state index in [9.17, 15) is 22.8 Å². The minimum atomic E-state index is -4.70. The summed E-state index contributed by atoms with van der Waals surface area (Å²) in [6, 6.07) is 2.81. The molecule has 2 aromatic rings. The number of alkyl halides is 3. The first-order chi connectivity index (χ1) is 16.6. The molecule has 1 spiro atoms. The summed E-state index contributed by atoms with van der Waals surface area (Å²) in [5.74, 6) is -1.24. The maximum Gasteiger partial charge on any atom is 0.417 e. The van der Waals surface area contributed by atoms with Crippen molar-refractivity contribution in [3.05, 3.63) is 51.3 Å². The Morgan fingerprint density at radius 3 is 2.74 bits per heavy atom. The van der Waals surface area contributed by atoms with Gasteiger partial charge in [0.25, 0.3) is 5.91 Å². The topological polar surface area (TPSA) is 82.5 Å². The monoisotopic (exact) mass is 513 g/mol. The Hall–Kier alpha value is -2.59. The number of carbonyl (C=O) groups is 2. The molecule has 35 heavy (non-hydrogen) atoms. The summed E-state index contributed by atoms with van der Waals surface area (Å²) in [4.78, 5) is 25.3. The van der Waals surface area contributed by atoms with Gasteiger partial charge in [-0.2, -0.15) is 18.3 Å². The number of esters is 1. The van der Waals surface area contributed by atoms with Crippen LogP contribution in [0.3, 0.4) is 0 Å². The van der Waals surface area contributed by atoms with E-state index in [1.54, 1.807) is 4.68 Å². The molecule has 0 bridgehead atoms. The van der Waals surface area contributed by atoms with Crippen LogP contribution in [0, 0.1) is 5.41 Å². The Kier molecular flexibility index (Phi) is 7.42. The molecule has 190 valence electrons. The maximum atomic E-state index is 13.3. The normalized spacial score (nSPS) is 17.6. The van der Waals surface area contributed by atoms with Crippen molar-refractivity contribution < 1.29 is 32.2 Å². The minimum Gasteiger partial charge on any atom is -0.462 e. The fourth-order valence-electron chi connectivity index (χ4n) is 4.78. The highest BCUT2D eigenvalue weighted by Crippen LogP contribution is 2.38. The van der Waals surface area contributed by atoms with Crippen LogP contribution in [-0.2, 0) is 35.0 Å². The molecule has 1 N–H and O–H groups in total. The number of ether oxygens (including phenoxy) is 2. The molecule has 0 aliphatic carbocycles. The quantitative estimate of drug-likeness (QED) is 0.456. The molecular formula is C24H27ClF3N3O4. The lowest BCUT2D eigenvalue weighted by Crippen LogP contribution is -2.40. The number of halogens is 4. The Morgan fingerprint density at radius 1 is 1.31 bits per heavy atom. The number of hydrogen-bond donors (Lipinski definition) is 1. The van der Waals surface area contributed by atoms with Gasteiger partial charge >= 0.3 is 12.1 Å². The molecule has 1 fully saturated rings. The molecule has 1 aromatic carbocycles. The average Bonchev–Trinajstić information content (AvgIpc) is 3.10. The molecular weight excluding hydrogens is 487 g/mol. The van der Waals surface area contributed by atoms with E-state index in [-0.39, 0.29) is 23.0 Å². The van der Waals surface area contributed by atoms with Crippen molar-refractivity contribution in [3.63, 3.8) is 0 Å². The predicted octanol–water partition coefficient (Wildman–Crippen LogP) is 4.45. The molecule has 11 heteroatoms. The zero-order valence-corrected chi connectivity index (χ0v) is 20.1. The van der Waals surface area contributed by atoms with Gasteiger partial charge in [0.2, 0.25) is 0 Å². The number of aryl methyl sites for hydroxylation is 2. The Labute approximate surface area is 205 Å². The number of fused-ring (bicyclic) bond motifs is 1. The first-order valence-electron chi connectivity index (χ1n) is 11.6. The van der Waals surface area contributed by atoms with Crippen LogP contribution in [0.25, 0.3) is 0 Å². The lowest BCUT2D eigenvalue weighted by atomic mass is 9.75. The fraction of sp³-hybridized carbons (Fsp3) is 0.542. The van der Waals surface area contributed by atoms with E-state index >= 15 is 0 Å². The Bertz CT molecular complexity index is 1110. The van der Waals surface area contributed by atoms with E-state index in [0.29, 0.717) is 51.3 Å². The highest BCUT2D eigenvalue weighted by atomic mass is 35.5. The number of aromatic nitrogens is 2. The van der Waals surface area contributed by atoms with Crippen LogP contribution >= 0.6 is 11.6 Å². The van der Waals surface area contributed by atoms with E-state index in [1.807, 2.05) is 6.92 Å². The lowest BCUT2D eigenvalue weighted by molar-refractivity contribution is -0.138. The predicted molar refractivity (Wildman–Crippen MR) is 121 cm³/mol. The van der Waals surface area contributed by atoms with Crippen LogP contribution in [0.4, 0.5) is 13.2 Å². The van der Waals surface area contributed by atoms with Gasteiger partial charge in [-0.15, -0.1) is 0 Å². The first kappa shape index (κ1) is 25.5. The van der Waals surface area contributed by atoms with Gasteiger partial charge in [-0.3, -0.25) is 9.48 Å². The van der Waals surface area contributed by atoms with Gasteiger partial charge in [0.05, 0.1) is 23.4 Å². The Morgan fingerprint density at radius 2 is 2.06 bits per heavy atom. The van der Waals surface area contributed by atoms with E-state index in [2.05, 4.69) is 10.4 Å². The second-order valence-corrected chi connectivity index (χ2v) is 9.43. The van der Waals surface area contributed by atoms with Crippen molar-refractivity contribution in [1.82, 2.24) is 15.1 Å². The highest BCUT2D eigenvalue weighted by Gasteiger charge is 2.40. The number of carbonyl (C=O) groups excluding carboxylic acids is 2. The molecule has 0 atom stereocenters. The third-order valence-electron chi connectivity index (χ3n) is 6.68. The molecule has 1 amide bonds. The van der Waals surface area contributed by atoms with Crippen molar-refractivity contribution in [1.29, 1.82) is 0 Å². The second-order valence-electron chi connectivity index (χ2n) is 8.99. The van der Waals surface area contributed by atoms with Crippen LogP contribution < -0.4 is 5.32 Å². The third kappa shape index (κ3) is 5.48. The zero-order valence-electron chi connectivity index (χ0n) is 19.3. The fourth-order valence-corrected chi connectivity index (χ4v) is 4.95. The van der Waals surface area contributed by atoms with Crippen molar-refractivity contribution in [2.24, 2.45) is 5.41 Å². The van der Waals surface area contributed by atoms with E-state index in [1.165, 1.54) is 0 Å². The molecule has 2 aliphatic heterocycles. The average molecular weight is 514 g/mol. The molecule has 0 saturated carbocycles. The number of benzene rings is 1. The molecule has 3 heterocycles. The summed E-state index contributed by atoms with van der Waals surface area (Å²) >= 11 is 5.80. The smallest absolute Gasteiger partial charge is 0.417 e. The van der Waals surface area contributed by atoms with Crippen LogP contribution in [0.15, 0.2) is 18.2 Å². The summed E-state index contributed by atoms with van der Waals surface area (Å²) in [7, 11) is 0. The van der Waals surface area contributed by atoms with Gasteiger partial charge in [-0.05, 0) is 62.6 Å². The third-order valence-corrected chi connectivity index (χ3v) is 6.91. The van der Waals surface area contributed by atoms with Crippen molar-refractivity contribution >= 4 is 23.5 Å².